The van der Waals surface area contributed by atoms with E-state index in [1.807, 2.05) is 25.1 Å². The lowest BCUT2D eigenvalue weighted by Gasteiger charge is -2.21. The highest BCUT2D eigenvalue weighted by Crippen LogP contribution is 2.33. The summed E-state index contributed by atoms with van der Waals surface area (Å²) in [5.41, 5.74) is 7.68. The molecule has 0 spiro atoms. The van der Waals surface area contributed by atoms with Crippen LogP contribution in [0.3, 0.4) is 0 Å². The Balaban J connectivity index is 2.38. The molecule has 0 saturated carbocycles. The molecule has 1 heterocycles. The number of methoxy groups -OCH3 is 2. The number of aromatic amines is 1. The molecule has 5 nitrogen and oxygen atoms in total. The van der Waals surface area contributed by atoms with Crippen molar-refractivity contribution in [1.29, 1.82) is 0 Å². The second-order valence-corrected chi connectivity index (χ2v) is 5.38. The molecule has 0 aliphatic carbocycles. The van der Waals surface area contributed by atoms with Gasteiger partial charge in [0.05, 0.1) is 31.6 Å². The zero-order valence-electron chi connectivity index (χ0n) is 13.1. The van der Waals surface area contributed by atoms with Crippen LogP contribution in [0.4, 0.5) is 0 Å². The number of nitrogens with one attached hydrogen (secondary N) is 1. The van der Waals surface area contributed by atoms with Gasteiger partial charge in [0.2, 0.25) is 0 Å². The van der Waals surface area contributed by atoms with Crippen LogP contribution < -0.4 is 15.2 Å². The van der Waals surface area contributed by atoms with Gasteiger partial charge < -0.3 is 20.2 Å². The van der Waals surface area contributed by atoms with Crippen molar-refractivity contribution in [2.24, 2.45) is 5.73 Å². The quantitative estimate of drug-likeness (QED) is 0.857. The fraction of sp³-hybridized carbons (Fsp3) is 0.438. The minimum absolute atomic E-state index is 0.452. The lowest BCUT2D eigenvalue weighted by atomic mass is 9.97. The van der Waals surface area contributed by atoms with E-state index >= 15 is 0 Å². The van der Waals surface area contributed by atoms with E-state index in [1.54, 1.807) is 20.4 Å². The molecule has 5 heteroatoms. The van der Waals surface area contributed by atoms with Crippen LogP contribution in [0.2, 0.25) is 0 Å². The fourth-order valence-electron chi connectivity index (χ4n) is 2.41. The Morgan fingerprint density at radius 3 is 2.67 bits per heavy atom. The molecule has 2 aromatic rings. The molecule has 3 N–H and O–H groups in total. The molecule has 114 valence electrons. The highest BCUT2D eigenvalue weighted by atomic mass is 16.5. The summed E-state index contributed by atoms with van der Waals surface area (Å²) < 4.78 is 10.6. The highest BCUT2D eigenvalue weighted by molar-refractivity contribution is 5.68. The van der Waals surface area contributed by atoms with Gasteiger partial charge in [-0.15, -0.1) is 0 Å². The average molecular weight is 289 g/mol. The summed E-state index contributed by atoms with van der Waals surface area (Å²) in [4.78, 5) is 7.74. The molecule has 0 bridgehead atoms. The molecule has 1 aromatic heterocycles. The third kappa shape index (κ3) is 3.19. The molecule has 1 atom stereocenters. The number of H-pyrrole nitrogens is 1. The van der Waals surface area contributed by atoms with Gasteiger partial charge in [0, 0.05) is 11.6 Å². The van der Waals surface area contributed by atoms with Crippen molar-refractivity contribution >= 4 is 0 Å². The van der Waals surface area contributed by atoms with E-state index in [0.717, 1.165) is 41.4 Å². The maximum Gasteiger partial charge on any atom is 0.131 e. The summed E-state index contributed by atoms with van der Waals surface area (Å²) in [5.74, 6) is 2.28. The topological polar surface area (TPSA) is 73.2 Å². The lowest BCUT2D eigenvalue weighted by Crippen LogP contribution is -2.34. The summed E-state index contributed by atoms with van der Waals surface area (Å²) in [6, 6.07) is 5.69. The van der Waals surface area contributed by atoms with Gasteiger partial charge in [0.1, 0.15) is 17.3 Å². The predicted molar refractivity (Wildman–Crippen MR) is 83.6 cm³/mol. The third-order valence-electron chi connectivity index (χ3n) is 3.58. The van der Waals surface area contributed by atoms with E-state index in [9.17, 15) is 0 Å². The van der Waals surface area contributed by atoms with Gasteiger partial charge in [-0.25, -0.2) is 4.98 Å². The van der Waals surface area contributed by atoms with E-state index in [-0.39, 0.29) is 0 Å². The Labute approximate surface area is 125 Å². The van der Waals surface area contributed by atoms with Crippen LogP contribution in [0, 0.1) is 0 Å². The molecular formula is C16H23N3O2. The molecule has 0 saturated heterocycles. The standard InChI is InChI=1S/C16H23N3O2/c1-5-8-16(2,17)15-18-10-13(19-15)12-7-6-11(20-3)9-14(12)21-4/h6-7,9-10H,5,8,17H2,1-4H3,(H,18,19). The second kappa shape index (κ2) is 6.18. The van der Waals surface area contributed by atoms with E-state index in [4.69, 9.17) is 15.2 Å². The smallest absolute Gasteiger partial charge is 0.131 e. The molecule has 2 rings (SSSR count). The lowest BCUT2D eigenvalue weighted by molar-refractivity contribution is 0.395. The molecule has 21 heavy (non-hydrogen) atoms. The van der Waals surface area contributed by atoms with Crippen LogP contribution in [0.25, 0.3) is 11.3 Å². The summed E-state index contributed by atoms with van der Waals surface area (Å²) in [6.45, 7) is 4.10. The van der Waals surface area contributed by atoms with Crippen molar-refractivity contribution in [1.82, 2.24) is 9.97 Å². The van der Waals surface area contributed by atoms with Gasteiger partial charge in [-0.1, -0.05) is 13.3 Å². The van der Waals surface area contributed by atoms with E-state index in [1.165, 1.54) is 0 Å². The molecule has 0 fully saturated rings. The zero-order valence-corrected chi connectivity index (χ0v) is 13.1. The number of ether oxygens (including phenoxy) is 2. The summed E-state index contributed by atoms with van der Waals surface area (Å²) >= 11 is 0. The summed E-state index contributed by atoms with van der Waals surface area (Å²) in [7, 11) is 3.27. The van der Waals surface area contributed by atoms with Crippen molar-refractivity contribution in [2.75, 3.05) is 14.2 Å². The van der Waals surface area contributed by atoms with Crippen molar-refractivity contribution in [3.8, 4) is 22.8 Å². The van der Waals surface area contributed by atoms with Crippen molar-refractivity contribution in [2.45, 2.75) is 32.2 Å². The number of nitrogens with two attached hydrogens (primary N) is 1. The van der Waals surface area contributed by atoms with Gasteiger partial charge in [0.25, 0.3) is 0 Å². The molecule has 0 aliphatic heterocycles. The van der Waals surface area contributed by atoms with Crippen LogP contribution in [-0.2, 0) is 5.54 Å². The van der Waals surface area contributed by atoms with Crippen LogP contribution in [0.1, 0.15) is 32.5 Å². The Morgan fingerprint density at radius 2 is 2.05 bits per heavy atom. The average Bonchev–Trinajstić information content (AvgIpc) is 2.97. The number of rotatable bonds is 6. The normalized spacial score (nSPS) is 13.8. The van der Waals surface area contributed by atoms with Crippen LogP contribution in [0.5, 0.6) is 11.5 Å². The highest BCUT2D eigenvalue weighted by Gasteiger charge is 2.24. The van der Waals surface area contributed by atoms with Crippen LogP contribution in [-0.4, -0.2) is 24.2 Å². The number of hydrogen-bond donors (Lipinski definition) is 2. The Kier molecular flexibility index (Phi) is 4.53. The first kappa shape index (κ1) is 15.4. The van der Waals surface area contributed by atoms with Gasteiger partial charge in [0.15, 0.2) is 0 Å². The van der Waals surface area contributed by atoms with Gasteiger partial charge in [-0.3, -0.25) is 0 Å². The number of nitrogens with zero attached hydrogens (tertiary/aromatic N) is 1. The number of imidazole rings is 1. The first-order valence-corrected chi connectivity index (χ1v) is 7.08. The molecule has 0 aliphatic rings. The van der Waals surface area contributed by atoms with E-state index in [0.29, 0.717) is 0 Å². The van der Waals surface area contributed by atoms with Gasteiger partial charge in [-0.05, 0) is 25.5 Å². The number of aromatic nitrogens is 2. The molecule has 1 unspecified atom stereocenters. The fourth-order valence-corrected chi connectivity index (χ4v) is 2.41. The maximum absolute atomic E-state index is 6.31. The predicted octanol–water partition coefficient (Wildman–Crippen LogP) is 3.07. The van der Waals surface area contributed by atoms with E-state index < -0.39 is 5.54 Å². The van der Waals surface area contributed by atoms with Crippen molar-refractivity contribution in [3.05, 3.63) is 30.2 Å². The molecule has 0 radical (unpaired) electrons. The molecular weight excluding hydrogens is 266 g/mol. The van der Waals surface area contributed by atoms with Crippen molar-refractivity contribution < 1.29 is 9.47 Å². The van der Waals surface area contributed by atoms with Crippen LogP contribution >= 0.6 is 0 Å². The van der Waals surface area contributed by atoms with E-state index in [2.05, 4.69) is 16.9 Å². The van der Waals surface area contributed by atoms with Crippen molar-refractivity contribution in [3.63, 3.8) is 0 Å². The first-order valence-electron chi connectivity index (χ1n) is 7.08. The van der Waals surface area contributed by atoms with Crippen LogP contribution in [0.15, 0.2) is 24.4 Å². The summed E-state index contributed by atoms with van der Waals surface area (Å²) in [6.07, 6.45) is 3.68. The second-order valence-electron chi connectivity index (χ2n) is 5.38. The van der Waals surface area contributed by atoms with Gasteiger partial charge in [-0.2, -0.15) is 0 Å². The molecule has 1 aromatic carbocycles. The Hall–Kier alpha value is -2.01. The summed E-state index contributed by atoms with van der Waals surface area (Å²) in [5, 5.41) is 0. The Morgan fingerprint density at radius 1 is 1.29 bits per heavy atom. The third-order valence-corrected chi connectivity index (χ3v) is 3.58. The monoisotopic (exact) mass is 289 g/mol. The minimum Gasteiger partial charge on any atom is -0.497 e. The number of hydrogen-bond acceptors (Lipinski definition) is 4. The SMILES string of the molecule is CCCC(C)(N)c1ncc(-c2ccc(OC)cc2OC)[nH]1. The zero-order chi connectivity index (χ0) is 15.5. The minimum atomic E-state index is -0.452. The van der Waals surface area contributed by atoms with Gasteiger partial charge >= 0.3 is 0 Å². The largest absolute Gasteiger partial charge is 0.497 e. The maximum atomic E-state index is 6.31. The molecule has 0 amide bonds. The number of benzene rings is 1. The Bertz CT molecular complexity index is 605. The first-order chi connectivity index (χ1) is 10.0.